The van der Waals surface area contributed by atoms with Crippen LogP contribution in [0.2, 0.25) is 0 Å². The largest absolute Gasteiger partial charge is 0.457 e. The Morgan fingerprint density at radius 2 is 1.20 bits per heavy atom. The topological polar surface area (TPSA) is 58.2 Å². The van der Waals surface area contributed by atoms with Crippen molar-refractivity contribution in [3.8, 4) is 0 Å². The van der Waals surface area contributed by atoms with Crippen LogP contribution in [-0.2, 0) is 11.8 Å². The van der Waals surface area contributed by atoms with Crippen LogP contribution in [0.1, 0.15) is 31.8 Å². The normalized spacial score (nSPS) is 14.2. The third kappa shape index (κ3) is 6.27. The zero-order valence-corrected chi connectivity index (χ0v) is 22.8. The first kappa shape index (κ1) is 34.8. The lowest BCUT2D eigenvalue weighted by Gasteiger charge is -2.36. The summed E-state index contributed by atoms with van der Waals surface area (Å²) < 4.78 is 191. The number of benzene rings is 3. The van der Waals surface area contributed by atoms with E-state index < -0.39 is 103 Å². The highest BCUT2D eigenvalue weighted by Crippen LogP contribution is 2.59. The Balaban J connectivity index is 2.10. The van der Waals surface area contributed by atoms with Gasteiger partial charge in [0.1, 0.15) is 5.82 Å². The number of rotatable bonds is 6. The third-order valence-electron chi connectivity index (χ3n) is 5.82. The summed E-state index contributed by atoms with van der Waals surface area (Å²) in [4.78, 5) is 25.0. The van der Waals surface area contributed by atoms with Gasteiger partial charge in [-0.3, -0.25) is 9.59 Å². The minimum atomic E-state index is -7.29. The van der Waals surface area contributed by atoms with Crippen molar-refractivity contribution in [1.29, 1.82) is 0 Å². The van der Waals surface area contributed by atoms with Crippen molar-refractivity contribution in [3.05, 3.63) is 92.1 Å². The number of alkyl halides is 12. The van der Waals surface area contributed by atoms with Crippen LogP contribution in [-0.4, -0.2) is 30.1 Å². The maximum absolute atomic E-state index is 15.1. The van der Waals surface area contributed by atoms with Crippen LogP contribution in [0.25, 0.3) is 0 Å². The van der Waals surface area contributed by atoms with Crippen molar-refractivity contribution < 1.29 is 71.1 Å². The number of carbonyl (C=O) groups is 2. The lowest BCUT2D eigenvalue weighted by Crippen LogP contribution is -2.59. The summed E-state index contributed by atoms with van der Waals surface area (Å²) in [5.74, 6) is -12.9. The van der Waals surface area contributed by atoms with Crippen LogP contribution in [0.3, 0.4) is 0 Å². The van der Waals surface area contributed by atoms with Gasteiger partial charge in [-0.15, -0.1) is 0 Å². The first-order chi connectivity index (χ1) is 19.9. The van der Waals surface area contributed by atoms with Crippen LogP contribution in [0.5, 0.6) is 0 Å². The summed E-state index contributed by atoms with van der Waals surface area (Å²) in [5, 5.41) is 3.37. The fourth-order valence-corrected chi connectivity index (χ4v) is 4.46. The smallest absolute Gasteiger partial charge is 0.320 e. The van der Waals surface area contributed by atoms with Gasteiger partial charge in [0.2, 0.25) is 0 Å². The summed E-state index contributed by atoms with van der Waals surface area (Å²) in [6.45, 7) is 0. The van der Waals surface area contributed by atoms with Gasteiger partial charge in [0.05, 0.1) is 28.1 Å². The molecule has 0 radical (unpaired) electrons. The van der Waals surface area contributed by atoms with E-state index in [2.05, 4.69) is 0 Å². The molecule has 2 amide bonds. The van der Waals surface area contributed by atoms with E-state index in [1.165, 1.54) is 17.4 Å². The van der Waals surface area contributed by atoms with E-state index in [-0.39, 0.29) is 0 Å². The molecule has 2 N–H and O–H groups in total. The summed E-state index contributed by atoms with van der Waals surface area (Å²) in [7, 11) is 0. The minimum absolute atomic E-state index is 0.431. The summed E-state index contributed by atoms with van der Waals surface area (Å²) >= 11 is 0.701. The number of anilines is 2. The molecule has 0 aromatic heterocycles. The van der Waals surface area contributed by atoms with Gasteiger partial charge in [-0.05, 0) is 59.0 Å². The molecule has 0 heterocycles. The van der Waals surface area contributed by atoms with Crippen molar-refractivity contribution in [2.45, 2.75) is 30.1 Å². The molecule has 0 aliphatic heterocycles. The summed E-state index contributed by atoms with van der Waals surface area (Å²) in [5.41, 5.74) is -16.1. The quantitative estimate of drug-likeness (QED) is 0.195. The van der Waals surface area contributed by atoms with Gasteiger partial charge in [-0.2, -0.15) is 48.3 Å². The van der Waals surface area contributed by atoms with Gasteiger partial charge >= 0.3 is 30.1 Å². The molecule has 1 unspecified atom stereocenters. The van der Waals surface area contributed by atoms with Gasteiger partial charge in [0.25, 0.3) is 11.8 Å². The number of hydrogen-bond donors (Lipinski definition) is 2. The molecule has 0 bridgehead atoms. The highest BCUT2D eigenvalue weighted by molar-refractivity contribution is 14.1. The zero-order chi connectivity index (χ0) is 33.6. The second kappa shape index (κ2) is 11.7. The molecule has 3 aromatic carbocycles. The molecule has 0 spiro atoms. The van der Waals surface area contributed by atoms with E-state index >= 15 is 4.39 Å². The Kier molecular flexibility index (Phi) is 9.26. The van der Waals surface area contributed by atoms with E-state index in [0.717, 1.165) is 24.3 Å². The van der Waals surface area contributed by atoms with Crippen LogP contribution in [0.15, 0.2) is 54.6 Å². The number of carbonyl (C=O) groups excluding carboxylic acids is 2. The first-order valence-corrected chi connectivity index (χ1v) is 12.3. The predicted molar refractivity (Wildman–Crippen MR) is 133 cm³/mol. The fraction of sp³-hybridized carbons (Fsp3) is 0.200. The van der Waals surface area contributed by atoms with Crippen molar-refractivity contribution in [1.82, 2.24) is 0 Å². The number of nitrogens with one attached hydrogen (secondary N) is 2. The second-order valence-corrected chi connectivity index (χ2v) is 9.82. The molecule has 3 rings (SSSR count). The predicted octanol–water partition coefficient (Wildman–Crippen LogP) is 9.02. The third-order valence-corrected chi connectivity index (χ3v) is 6.67. The van der Waals surface area contributed by atoms with Crippen LogP contribution in [0, 0.1) is 15.2 Å². The molecular weight excluding hydrogens is 753 g/mol. The lowest BCUT2D eigenvalue weighted by atomic mass is 9.86. The Labute approximate surface area is 249 Å². The average molecular weight is 764 g/mol. The molecule has 238 valence electrons. The molecule has 0 fully saturated rings. The SMILES string of the molecule is O=C(Nc1cccc(C(=O)Nc2c(I)cc(C(F)(C(F)(F)F)C(F)(F)C(F)(F)F)cc2C(F)(F)F)c1F)c1ccccc1F. The fourth-order valence-electron chi connectivity index (χ4n) is 3.69. The lowest BCUT2D eigenvalue weighted by molar-refractivity contribution is -0.389. The Morgan fingerprint density at radius 1 is 0.659 bits per heavy atom. The van der Waals surface area contributed by atoms with Crippen molar-refractivity contribution in [3.63, 3.8) is 0 Å². The first-order valence-electron chi connectivity index (χ1n) is 11.2. The molecule has 0 saturated carbocycles. The Hall–Kier alpha value is -3.65. The van der Waals surface area contributed by atoms with E-state index in [1.807, 2.05) is 5.32 Å². The van der Waals surface area contributed by atoms with Crippen molar-refractivity contribution in [2.75, 3.05) is 10.6 Å². The molecule has 19 heteroatoms. The Bertz CT molecular complexity index is 1600. The van der Waals surface area contributed by atoms with E-state index in [9.17, 15) is 66.7 Å². The monoisotopic (exact) mass is 764 g/mol. The van der Waals surface area contributed by atoms with Crippen molar-refractivity contribution in [2.24, 2.45) is 0 Å². The van der Waals surface area contributed by atoms with Crippen LogP contribution in [0.4, 0.5) is 72.8 Å². The van der Waals surface area contributed by atoms with Crippen molar-refractivity contribution >= 4 is 45.8 Å². The summed E-state index contributed by atoms with van der Waals surface area (Å²) in [6.07, 6.45) is -20.2. The van der Waals surface area contributed by atoms with Gasteiger partial charge in [-0.1, -0.05) is 18.2 Å². The molecule has 3 aromatic rings. The van der Waals surface area contributed by atoms with Crippen LogP contribution < -0.4 is 10.6 Å². The molecule has 0 saturated heterocycles. The van der Waals surface area contributed by atoms with E-state index in [1.54, 1.807) is 0 Å². The average Bonchev–Trinajstić information content (AvgIpc) is 2.88. The highest BCUT2D eigenvalue weighted by atomic mass is 127. The maximum Gasteiger partial charge on any atom is 0.457 e. The number of amides is 2. The van der Waals surface area contributed by atoms with Gasteiger partial charge < -0.3 is 10.6 Å². The molecular formula is C25H11F14IN2O2. The molecule has 1 atom stereocenters. The number of hydrogen-bond acceptors (Lipinski definition) is 2. The molecule has 44 heavy (non-hydrogen) atoms. The summed E-state index contributed by atoms with van der Waals surface area (Å²) in [6, 6.07) is 5.32. The molecule has 0 aliphatic carbocycles. The zero-order valence-electron chi connectivity index (χ0n) is 20.7. The highest BCUT2D eigenvalue weighted by Gasteiger charge is 2.82. The van der Waals surface area contributed by atoms with Crippen LogP contribution >= 0.6 is 22.6 Å². The second-order valence-electron chi connectivity index (χ2n) is 8.66. The van der Waals surface area contributed by atoms with Gasteiger partial charge in [-0.25, -0.2) is 13.2 Å². The minimum Gasteiger partial charge on any atom is -0.320 e. The number of halogens is 15. The Morgan fingerprint density at radius 3 is 1.73 bits per heavy atom. The van der Waals surface area contributed by atoms with E-state index in [0.29, 0.717) is 28.7 Å². The van der Waals surface area contributed by atoms with E-state index in [4.69, 9.17) is 0 Å². The standard InChI is InChI=1S/C25H11F14IN2O2/c26-14-6-2-1-4-11(14)19(43)41-16-7-3-5-12(17(16)27)20(44)42-18-13(22(29,30)31)8-10(9-15(18)40)21(28,24(34,35)36)23(32,33)25(37,38)39/h1-9H,(H,41,43)(H,42,44). The van der Waals surface area contributed by atoms with Gasteiger partial charge in [0.15, 0.2) is 5.82 Å². The molecule has 0 aliphatic rings. The maximum atomic E-state index is 15.1. The van der Waals surface area contributed by atoms with Gasteiger partial charge in [0, 0.05) is 9.13 Å². The molecule has 4 nitrogen and oxygen atoms in total.